The van der Waals surface area contributed by atoms with Crippen LogP contribution in [-0.2, 0) is 14.8 Å². The molecule has 8 nitrogen and oxygen atoms in total. The lowest BCUT2D eigenvalue weighted by molar-refractivity contribution is -0.134. The van der Waals surface area contributed by atoms with Crippen LogP contribution in [0.2, 0.25) is 0 Å². The lowest BCUT2D eigenvalue weighted by Gasteiger charge is -2.35. The van der Waals surface area contributed by atoms with E-state index in [1.807, 2.05) is 30.3 Å². The Morgan fingerprint density at radius 2 is 1.62 bits per heavy atom. The van der Waals surface area contributed by atoms with E-state index in [2.05, 4.69) is 9.62 Å². The summed E-state index contributed by atoms with van der Waals surface area (Å²) in [5.41, 5.74) is 0.431. The SMILES string of the molecule is CC(=O)c1ccc(S(=O)(=O)NC(C)C(=O)N2CCN(CCOc3ccccc3)CC2)cc1. The Labute approximate surface area is 189 Å². The highest BCUT2D eigenvalue weighted by Gasteiger charge is 2.28. The number of carbonyl (C=O) groups excluding carboxylic acids is 2. The molecule has 1 N–H and O–H groups in total. The quantitative estimate of drug-likeness (QED) is 0.575. The molecule has 0 spiro atoms. The maximum absolute atomic E-state index is 12.8. The van der Waals surface area contributed by atoms with Crippen LogP contribution in [0.5, 0.6) is 5.75 Å². The van der Waals surface area contributed by atoms with Gasteiger partial charge in [-0.1, -0.05) is 30.3 Å². The average molecular weight is 460 g/mol. The van der Waals surface area contributed by atoms with Crippen molar-refractivity contribution in [1.82, 2.24) is 14.5 Å². The van der Waals surface area contributed by atoms with Crippen LogP contribution in [0, 0.1) is 0 Å². The summed E-state index contributed by atoms with van der Waals surface area (Å²) in [5, 5.41) is 0. The van der Waals surface area contributed by atoms with E-state index in [-0.39, 0.29) is 16.6 Å². The second-order valence-electron chi connectivity index (χ2n) is 7.75. The van der Waals surface area contributed by atoms with Crippen molar-refractivity contribution in [2.45, 2.75) is 24.8 Å². The van der Waals surface area contributed by atoms with E-state index < -0.39 is 16.1 Å². The molecule has 0 aromatic heterocycles. The molecule has 172 valence electrons. The van der Waals surface area contributed by atoms with Crippen LogP contribution < -0.4 is 9.46 Å². The van der Waals surface area contributed by atoms with Crippen molar-refractivity contribution < 1.29 is 22.7 Å². The maximum atomic E-state index is 12.8. The summed E-state index contributed by atoms with van der Waals surface area (Å²) in [6, 6.07) is 14.4. The van der Waals surface area contributed by atoms with Gasteiger partial charge in [-0.05, 0) is 38.1 Å². The van der Waals surface area contributed by atoms with Crippen LogP contribution in [0.15, 0.2) is 59.5 Å². The molecule has 1 atom stereocenters. The van der Waals surface area contributed by atoms with Gasteiger partial charge in [0.05, 0.1) is 10.9 Å². The predicted octanol–water partition coefficient (Wildman–Crippen LogP) is 1.78. The number of hydrogen-bond acceptors (Lipinski definition) is 6. The summed E-state index contributed by atoms with van der Waals surface area (Å²) < 4.78 is 33.4. The third-order valence-electron chi connectivity index (χ3n) is 5.38. The number of hydrogen-bond donors (Lipinski definition) is 1. The normalized spacial score (nSPS) is 15.9. The van der Waals surface area contributed by atoms with E-state index in [0.29, 0.717) is 38.3 Å². The van der Waals surface area contributed by atoms with Crippen LogP contribution >= 0.6 is 0 Å². The van der Waals surface area contributed by atoms with Gasteiger partial charge in [-0.2, -0.15) is 4.72 Å². The summed E-state index contributed by atoms with van der Waals surface area (Å²) in [6.45, 7) is 6.76. The number of ketones is 1. The first kappa shape index (κ1) is 23.9. The fourth-order valence-corrected chi connectivity index (χ4v) is 4.69. The summed E-state index contributed by atoms with van der Waals surface area (Å²) in [7, 11) is -3.87. The summed E-state index contributed by atoms with van der Waals surface area (Å²) in [5.74, 6) is 0.434. The van der Waals surface area contributed by atoms with Gasteiger partial charge in [0, 0.05) is 38.3 Å². The van der Waals surface area contributed by atoms with Crippen molar-refractivity contribution >= 4 is 21.7 Å². The number of carbonyl (C=O) groups is 2. The van der Waals surface area contributed by atoms with E-state index in [9.17, 15) is 18.0 Å². The number of Topliss-reactive ketones (excluding diaryl/α,β-unsaturated/α-hetero) is 1. The van der Waals surface area contributed by atoms with Gasteiger partial charge >= 0.3 is 0 Å². The van der Waals surface area contributed by atoms with E-state index >= 15 is 0 Å². The second-order valence-corrected chi connectivity index (χ2v) is 9.47. The minimum atomic E-state index is -3.87. The standard InChI is InChI=1S/C23H29N3O5S/c1-18(24-32(29,30)22-10-8-20(9-11-22)19(2)27)23(28)26-14-12-25(13-15-26)16-17-31-21-6-4-3-5-7-21/h3-11,18,24H,12-17H2,1-2H3. The van der Waals surface area contributed by atoms with Gasteiger partial charge in [0.25, 0.3) is 0 Å². The van der Waals surface area contributed by atoms with Crippen LogP contribution in [-0.4, -0.2) is 75.3 Å². The number of nitrogens with zero attached hydrogens (tertiary/aromatic N) is 2. The van der Waals surface area contributed by atoms with Gasteiger partial charge < -0.3 is 9.64 Å². The van der Waals surface area contributed by atoms with Crippen molar-refractivity contribution in [1.29, 1.82) is 0 Å². The minimum absolute atomic E-state index is 0.0189. The topological polar surface area (TPSA) is 96.0 Å². The molecule has 0 saturated carbocycles. The van der Waals surface area contributed by atoms with E-state index in [4.69, 9.17) is 4.74 Å². The van der Waals surface area contributed by atoms with Crippen molar-refractivity contribution in [2.75, 3.05) is 39.3 Å². The zero-order valence-electron chi connectivity index (χ0n) is 18.4. The fraction of sp³-hybridized carbons (Fsp3) is 0.391. The highest BCUT2D eigenvalue weighted by atomic mass is 32.2. The summed E-state index contributed by atoms with van der Waals surface area (Å²) in [6.07, 6.45) is 0. The molecule has 1 aliphatic heterocycles. The molecule has 1 unspecified atom stereocenters. The first-order valence-electron chi connectivity index (χ1n) is 10.6. The van der Waals surface area contributed by atoms with E-state index in [1.54, 1.807) is 11.8 Å². The van der Waals surface area contributed by atoms with Crippen LogP contribution in [0.25, 0.3) is 0 Å². The van der Waals surface area contributed by atoms with E-state index in [1.165, 1.54) is 31.2 Å². The van der Waals surface area contributed by atoms with Gasteiger partial charge in [-0.25, -0.2) is 8.42 Å². The molecule has 0 aliphatic carbocycles. The van der Waals surface area contributed by atoms with Gasteiger partial charge in [-0.3, -0.25) is 14.5 Å². The Morgan fingerprint density at radius 1 is 1.00 bits per heavy atom. The van der Waals surface area contributed by atoms with Gasteiger partial charge in [-0.15, -0.1) is 0 Å². The van der Waals surface area contributed by atoms with Gasteiger partial charge in [0.2, 0.25) is 15.9 Å². The Hall–Kier alpha value is -2.75. The smallest absolute Gasteiger partial charge is 0.241 e. The molecule has 1 fully saturated rings. The number of rotatable bonds is 9. The second kappa shape index (κ2) is 10.7. The molecule has 1 saturated heterocycles. The Kier molecular flexibility index (Phi) is 8.00. The molecular weight excluding hydrogens is 430 g/mol. The highest BCUT2D eigenvalue weighted by Crippen LogP contribution is 2.13. The molecule has 1 heterocycles. The van der Waals surface area contributed by atoms with Crippen molar-refractivity contribution in [2.24, 2.45) is 0 Å². The van der Waals surface area contributed by atoms with Crippen molar-refractivity contribution in [3.8, 4) is 5.75 Å². The van der Waals surface area contributed by atoms with Crippen LogP contribution in [0.4, 0.5) is 0 Å². The number of sulfonamides is 1. The number of benzene rings is 2. The first-order valence-corrected chi connectivity index (χ1v) is 12.1. The maximum Gasteiger partial charge on any atom is 0.241 e. The number of piperazine rings is 1. The Bertz CT molecular complexity index is 1020. The Morgan fingerprint density at radius 3 is 2.22 bits per heavy atom. The molecule has 1 aliphatic rings. The zero-order valence-corrected chi connectivity index (χ0v) is 19.2. The minimum Gasteiger partial charge on any atom is -0.492 e. The number of para-hydroxylation sites is 1. The average Bonchev–Trinajstić information content (AvgIpc) is 2.79. The predicted molar refractivity (Wildman–Crippen MR) is 121 cm³/mol. The first-order chi connectivity index (χ1) is 15.3. The van der Waals surface area contributed by atoms with Crippen LogP contribution in [0.3, 0.4) is 0 Å². The zero-order chi connectivity index (χ0) is 23.1. The number of amides is 1. The lowest BCUT2D eigenvalue weighted by atomic mass is 10.2. The molecule has 2 aromatic rings. The molecule has 0 bridgehead atoms. The number of nitrogens with one attached hydrogen (secondary N) is 1. The molecule has 32 heavy (non-hydrogen) atoms. The molecule has 3 rings (SSSR count). The molecule has 0 radical (unpaired) electrons. The summed E-state index contributed by atoms with van der Waals surface area (Å²) in [4.78, 5) is 28.1. The fourth-order valence-electron chi connectivity index (χ4n) is 3.50. The molecular formula is C23H29N3O5S. The van der Waals surface area contributed by atoms with Crippen molar-refractivity contribution in [3.05, 3.63) is 60.2 Å². The molecule has 2 aromatic carbocycles. The summed E-state index contributed by atoms with van der Waals surface area (Å²) >= 11 is 0. The molecule has 9 heteroatoms. The van der Waals surface area contributed by atoms with Crippen LogP contribution in [0.1, 0.15) is 24.2 Å². The monoisotopic (exact) mass is 459 g/mol. The third kappa shape index (κ3) is 6.38. The lowest BCUT2D eigenvalue weighted by Crippen LogP contribution is -2.54. The van der Waals surface area contributed by atoms with Gasteiger partial charge in [0.15, 0.2) is 5.78 Å². The van der Waals surface area contributed by atoms with Crippen molar-refractivity contribution in [3.63, 3.8) is 0 Å². The van der Waals surface area contributed by atoms with E-state index in [0.717, 1.165) is 12.3 Å². The largest absolute Gasteiger partial charge is 0.492 e. The number of ether oxygens (including phenoxy) is 1. The highest BCUT2D eigenvalue weighted by molar-refractivity contribution is 7.89. The molecule has 1 amide bonds. The van der Waals surface area contributed by atoms with Gasteiger partial charge in [0.1, 0.15) is 12.4 Å². The third-order valence-corrected chi connectivity index (χ3v) is 6.93. The Balaban J connectivity index is 1.46.